The van der Waals surface area contributed by atoms with E-state index in [-0.39, 0.29) is 23.5 Å². The predicted octanol–water partition coefficient (Wildman–Crippen LogP) is 2.73. The largest absolute Gasteiger partial charge is 0.347 e. The Kier molecular flexibility index (Phi) is 3.72. The third kappa shape index (κ3) is 2.80. The first kappa shape index (κ1) is 15.2. The summed E-state index contributed by atoms with van der Waals surface area (Å²) in [6.07, 6.45) is 5.15. The fourth-order valence-electron chi connectivity index (χ4n) is 3.84. The normalized spacial score (nSPS) is 24.4. The van der Waals surface area contributed by atoms with Crippen LogP contribution in [0.4, 0.5) is 0 Å². The topological polar surface area (TPSA) is 68.2 Å². The molecule has 2 fully saturated rings. The Morgan fingerprint density at radius 2 is 2.04 bits per heavy atom. The van der Waals surface area contributed by atoms with Crippen LogP contribution in [0.15, 0.2) is 17.5 Å². The summed E-state index contributed by atoms with van der Waals surface area (Å²) < 4.78 is 26.5. The summed E-state index contributed by atoms with van der Waals surface area (Å²) >= 11 is 1.64. The maximum atomic E-state index is 12.7. The first-order chi connectivity index (χ1) is 11.0. The highest BCUT2D eigenvalue weighted by Crippen LogP contribution is 2.36. The molecule has 7 heteroatoms. The number of hydrogen-bond donors (Lipinski definition) is 1. The molecule has 1 atom stereocenters. The molecule has 4 rings (SSSR count). The van der Waals surface area contributed by atoms with Crippen LogP contribution in [0.25, 0.3) is 10.2 Å². The Bertz CT molecular complexity index is 844. The first-order valence-corrected chi connectivity index (χ1v) is 10.8. The van der Waals surface area contributed by atoms with Gasteiger partial charge in [-0.1, -0.05) is 12.8 Å². The van der Waals surface area contributed by atoms with Gasteiger partial charge >= 0.3 is 0 Å². The van der Waals surface area contributed by atoms with Crippen molar-refractivity contribution < 1.29 is 13.2 Å². The van der Waals surface area contributed by atoms with Gasteiger partial charge in [-0.25, -0.2) is 8.42 Å². The predicted molar refractivity (Wildman–Crippen MR) is 91.8 cm³/mol. The zero-order chi connectivity index (χ0) is 16.0. The Balaban J connectivity index is 1.64. The molecule has 3 heterocycles. The number of hydrogen-bond acceptors (Lipinski definition) is 4. The molecule has 0 spiro atoms. The summed E-state index contributed by atoms with van der Waals surface area (Å²) in [5.41, 5.74) is 1.81. The van der Waals surface area contributed by atoms with Crippen molar-refractivity contribution in [2.24, 2.45) is 0 Å². The quantitative estimate of drug-likeness (QED) is 0.923. The molecule has 1 aliphatic carbocycles. The van der Waals surface area contributed by atoms with Gasteiger partial charge in [0, 0.05) is 12.1 Å². The Morgan fingerprint density at radius 3 is 2.74 bits per heavy atom. The van der Waals surface area contributed by atoms with Gasteiger partial charge in [0.05, 0.1) is 21.7 Å². The van der Waals surface area contributed by atoms with Gasteiger partial charge in [0.15, 0.2) is 9.84 Å². The minimum Gasteiger partial charge on any atom is -0.347 e. The molecule has 0 aromatic carbocycles. The maximum Gasteiger partial charge on any atom is 0.268 e. The lowest BCUT2D eigenvalue weighted by atomic mass is 10.2. The summed E-state index contributed by atoms with van der Waals surface area (Å²) in [7, 11) is -2.98. The number of nitrogens with one attached hydrogen (secondary N) is 1. The maximum absolute atomic E-state index is 12.7. The van der Waals surface area contributed by atoms with Gasteiger partial charge in [0.25, 0.3) is 5.91 Å². The van der Waals surface area contributed by atoms with Gasteiger partial charge in [-0.2, -0.15) is 0 Å². The van der Waals surface area contributed by atoms with Crippen molar-refractivity contribution in [2.45, 2.75) is 44.2 Å². The van der Waals surface area contributed by atoms with Crippen molar-refractivity contribution in [3.05, 3.63) is 23.2 Å². The monoisotopic (exact) mass is 352 g/mol. The van der Waals surface area contributed by atoms with Gasteiger partial charge in [-0.3, -0.25) is 4.79 Å². The van der Waals surface area contributed by atoms with Gasteiger partial charge in [0.2, 0.25) is 0 Å². The molecule has 2 aromatic heterocycles. The van der Waals surface area contributed by atoms with Crippen LogP contribution in [0.5, 0.6) is 0 Å². The number of sulfone groups is 1. The fraction of sp³-hybridized carbons (Fsp3) is 0.562. The van der Waals surface area contributed by atoms with E-state index in [1.54, 1.807) is 11.3 Å². The molecule has 5 nitrogen and oxygen atoms in total. The van der Waals surface area contributed by atoms with E-state index < -0.39 is 9.84 Å². The fourth-order valence-corrected chi connectivity index (χ4v) is 6.33. The number of rotatable bonds is 3. The summed E-state index contributed by atoms with van der Waals surface area (Å²) in [5.74, 6) is 0.107. The van der Waals surface area contributed by atoms with Crippen molar-refractivity contribution in [3.63, 3.8) is 0 Å². The number of nitrogens with zero attached hydrogens (tertiary/aromatic N) is 1. The lowest BCUT2D eigenvalue weighted by Crippen LogP contribution is -2.36. The molecule has 124 valence electrons. The third-order valence-corrected chi connectivity index (χ3v) is 7.57. The molecule has 1 aliphatic heterocycles. The minimum absolute atomic E-state index is 0.0667. The molecular weight excluding hydrogens is 332 g/mol. The summed E-state index contributed by atoms with van der Waals surface area (Å²) in [6, 6.07) is 4.17. The molecule has 1 unspecified atom stereocenters. The average molecular weight is 352 g/mol. The number of carbonyl (C=O) groups is 1. The minimum atomic E-state index is -2.98. The lowest BCUT2D eigenvalue weighted by molar-refractivity contribution is 0.0930. The second-order valence-corrected chi connectivity index (χ2v) is 9.76. The summed E-state index contributed by atoms with van der Waals surface area (Å²) in [4.78, 5) is 12.7. The van der Waals surface area contributed by atoms with Crippen LogP contribution in [-0.4, -0.2) is 36.4 Å². The van der Waals surface area contributed by atoms with E-state index >= 15 is 0 Å². The number of thiophene rings is 1. The van der Waals surface area contributed by atoms with Gasteiger partial charge in [0.1, 0.15) is 5.69 Å². The average Bonchev–Trinajstić information content (AvgIpc) is 3.21. The van der Waals surface area contributed by atoms with E-state index in [9.17, 15) is 13.2 Å². The van der Waals surface area contributed by atoms with E-state index in [1.165, 1.54) is 12.8 Å². The molecule has 1 amide bonds. The van der Waals surface area contributed by atoms with Crippen LogP contribution >= 0.6 is 11.3 Å². The third-order valence-electron chi connectivity index (χ3n) is 4.95. The number of carbonyl (C=O) groups excluding carboxylic acids is 1. The first-order valence-electron chi connectivity index (χ1n) is 8.13. The molecule has 1 saturated heterocycles. The number of aromatic nitrogens is 1. The molecule has 1 N–H and O–H groups in total. The van der Waals surface area contributed by atoms with Crippen LogP contribution in [0.1, 0.15) is 48.6 Å². The Hall–Kier alpha value is -1.34. The van der Waals surface area contributed by atoms with Crippen molar-refractivity contribution in [1.29, 1.82) is 0 Å². The van der Waals surface area contributed by atoms with Crippen LogP contribution in [-0.2, 0) is 9.84 Å². The zero-order valence-electron chi connectivity index (χ0n) is 12.8. The van der Waals surface area contributed by atoms with Crippen LogP contribution < -0.4 is 5.32 Å². The van der Waals surface area contributed by atoms with Gasteiger partial charge < -0.3 is 9.88 Å². The van der Waals surface area contributed by atoms with Crippen molar-refractivity contribution >= 4 is 37.3 Å². The van der Waals surface area contributed by atoms with Crippen LogP contribution in [0.3, 0.4) is 0 Å². The van der Waals surface area contributed by atoms with E-state index in [0.29, 0.717) is 18.2 Å². The Morgan fingerprint density at radius 1 is 1.26 bits per heavy atom. The standard InChI is InChI=1S/C16H20N2O3S2/c19-16(17-11-6-8-23(20,21)10-11)14-9-15-13(5-7-22-15)18(14)12-3-1-2-4-12/h5,7,9,11-12H,1-4,6,8,10H2,(H,17,19). The molecular formula is C16H20N2O3S2. The molecule has 23 heavy (non-hydrogen) atoms. The van der Waals surface area contributed by atoms with E-state index in [1.807, 2.05) is 6.07 Å². The highest BCUT2D eigenvalue weighted by Gasteiger charge is 2.31. The summed E-state index contributed by atoms with van der Waals surface area (Å²) in [5, 5.41) is 4.99. The van der Waals surface area contributed by atoms with Gasteiger partial charge in [-0.05, 0) is 36.8 Å². The molecule has 0 bridgehead atoms. The van der Waals surface area contributed by atoms with Gasteiger partial charge in [-0.15, -0.1) is 11.3 Å². The Labute approximate surface area is 139 Å². The molecule has 0 radical (unpaired) electrons. The second-order valence-electron chi connectivity index (χ2n) is 6.58. The molecule has 2 aromatic rings. The molecule has 1 saturated carbocycles. The highest BCUT2D eigenvalue weighted by atomic mass is 32.2. The summed E-state index contributed by atoms with van der Waals surface area (Å²) in [6.45, 7) is 0. The van der Waals surface area contributed by atoms with Crippen LogP contribution in [0.2, 0.25) is 0 Å². The van der Waals surface area contributed by atoms with Crippen molar-refractivity contribution in [3.8, 4) is 0 Å². The smallest absolute Gasteiger partial charge is 0.268 e. The zero-order valence-corrected chi connectivity index (χ0v) is 14.5. The lowest BCUT2D eigenvalue weighted by Gasteiger charge is -2.18. The second kappa shape index (κ2) is 5.63. The number of fused-ring (bicyclic) bond motifs is 1. The van der Waals surface area contributed by atoms with Crippen LogP contribution in [0, 0.1) is 0 Å². The number of amides is 1. The van der Waals surface area contributed by atoms with Crippen molar-refractivity contribution in [2.75, 3.05) is 11.5 Å². The van der Waals surface area contributed by atoms with E-state index in [0.717, 1.165) is 23.1 Å². The highest BCUT2D eigenvalue weighted by molar-refractivity contribution is 7.91. The molecule has 2 aliphatic rings. The van der Waals surface area contributed by atoms with E-state index in [2.05, 4.69) is 21.3 Å². The SMILES string of the molecule is O=C(NC1CCS(=O)(=O)C1)c1cc2sccc2n1C1CCCC1. The van der Waals surface area contributed by atoms with Crippen molar-refractivity contribution in [1.82, 2.24) is 9.88 Å². The van der Waals surface area contributed by atoms with E-state index in [4.69, 9.17) is 0 Å².